The van der Waals surface area contributed by atoms with E-state index < -0.39 is 21.4 Å². The maximum absolute atomic E-state index is 13.3. The molecule has 0 spiro atoms. The van der Waals surface area contributed by atoms with Crippen molar-refractivity contribution in [2.24, 2.45) is 0 Å². The number of anilines is 1. The number of ether oxygens (including phenoxy) is 1. The Morgan fingerprint density at radius 3 is 2.70 bits per heavy atom. The third-order valence-corrected chi connectivity index (χ3v) is 5.00. The number of rotatable bonds is 2. The van der Waals surface area contributed by atoms with Crippen molar-refractivity contribution in [2.45, 2.75) is 37.4 Å². The third-order valence-electron chi connectivity index (χ3n) is 3.13. The molecular formula is C13H19FN2O3S. The number of nitrogens with zero attached hydrogens (tertiary/aromatic N) is 1. The molecule has 112 valence electrons. The van der Waals surface area contributed by atoms with Gasteiger partial charge in [0.25, 0.3) is 0 Å². The van der Waals surface area contributed by atoms with Gasteiger partial charge < -0.3 is 10.5 Å². The van der Waals surface area contributed by atoms with Crippen LogP contribution < -0.4 is 5.73 Å². The van der Waals surface area contributed by atoms with Gasteiger partial charge in [0.15, 0.2) is 0 Å². The van der Waals surface area contributed by atoms with E-state index in [0.29, 0.717) is 0 Å². The first kappa shape index (κ1) is 15.2. The van der Waals surface area contributed by atoms with Crippen molar-refractivity contribution in [3.05, 3.63) is 24.0 Å². The molecule has 0 aliphatic carbocycles. The number of hydrogen-bond donors (Lipinski definition) is 1. The molecular weight excluding hydrogens is 283 g/mol. The molecule has 1 fully saturated rings. The number of hydrogen-bond acceptors (Lipinski definition) is 4. The average molecular weight is 302 g/mol. The second-order valence-electron chi connectivity index (χ2n) is 5.67. The lowest BCUT2D eigenvalue weighted by Crippen LogP contribution is -2.53. The largest absolute Gasteiger partial charge is 0.398 e. The molecule has 5 nitrogen and oxygen atoms in total. The van der Waals surface area contributed by atoms with Crippen LogP contribution in [0, 0.1) is 5.82 Å². The van der Waals surface area contributed by atoms with Gasteiger partial charge in [-0.1, -0.05) is 0 Å². The number of nitrogens with two attached hydrogens (primary N) is 1. The van der Waals surface area contributed by atoms with E-state index in [1.54, 1.807) is 6.92 Å². The SMILES string of the molecule is CC1CN(S(=O)(=O)c2cc(F)ccc2N)CC(C)(C)O1. The fraction of sp³-hybridized carbons (Fsp3) is 0.538. The fourth-order valence-corrected chi connectivity index (χ4v) is 4.24. The van der Waals surface area contributed by atoms with E-state index in [1.807, 2.05) is 13.8 Å². The van der Waals surface area contributed by atoms with Crippen molar-refractivity contribution >= 4 is 15.7 Å². The quantitative estimate of drug-likeness (QED) is 0.842. The van der Waals surface area contributed by atoms with Crippen molar-refractivity contribution in [1.29, 1.82) is 0 Å². The first-order chi connectivity index (χ1) is 9.12. The zero-order valence-electron chi connectivity index (χ0n) is 11.8. The molecule has 20 heavy (non-hydrogen) atoms. The van der Waals surface area contributed by atoms with Gasteiger partial charge >= 0.3 is 0 Å². The Labute approximate surface area is 118 Å². The second kappa shape index (κ2) is 4.98. The lowest BCUT2D eigenvalue weighted by atomic mass is 10.1. The lowest BCUT2D eigenvalue weighted by molar-refractivity contribution is -0.109. The van der Waals surface area contributed by atoms with E-state index in [2.05, 4.69) is 0 Å². The predicted molar refractivity (Wildman–Crippen MR) is 74.2 cm³/mol. The van der Waals surface area contributed by atoms with E-state index >= 15 is 0 Å². The van der Waals surface area contributed by atoms with Gasteiger partial charge in [-0.3, -0.25) is 0 Å². The van der Waals surface area contributed by atoms with Crippen LogP contribution >= 0.6 is 0 Å². The Bertz CT molecular complexity index is 616. The van der Waals surface area contributed by atoms with Crippen LogP contribution in [-0.4, -0.2) is 37.5 Å². The van der Waals surface area contributed by atoms with Crippen LogP contribution in [0.5, 0.6) is 0 Å². The van der Waals surface area contributed by atoms with Crippen LogP contribution in [0.2, 0.25) is 0 Å². The van der Waals surface area contributed by atoms with E-state index in [-0.39, 0.29) is 29.8 Å². The van der Waals surface area contributed by atoms with Gasteiger partial charge in [0.05, 0.1) is 17.4 Å². The van der Waals surface area contributed by atoms with Gasteiger partial charge in [0.2, 0.25) is 10.0 Å². The summed E-state index contributed by atoms with van der Waals surface area (Å²) in [6.07, 6.45) is -0.233. The highest BCUT2D eigenvalue weighted by molar-refractivity contribution is 7.89. The molecule has 0 amide bonds. The summed E-state index contributed by atoms with van der Waals surface area (Å²) >= 11 is 0. The molecule has 1 saturated heterocycles. The normalized spacial score (nSPS) is 23.7. The Morgan fingerprint density at radius 2 is 2.10 bits per heavy atom. The van der Waals surface area contributed by atoms with Crippen LogP contribution in [-0.2, 0) is 14.8 Å². The van der Waals surface area contributed by atoms with Gasteiger partial charge in [-0.25, -0.2) is 12.8 Å². The van der Waals surface area contributed by atoms with E-state index in [0.717, 1.165) is 12.1 Å². The van der Waals surface area contributed by atoms with Crippen LogP contribution in [0.3, 0.4) is 0 Å². The van der Waals surface area contributed by atoms with Crippen molar-refractivity contribution < 1.29 is 17.5 Å². The van der Waals surface area contributed by atoms with E-state index in [4.69, 9.17) is 10.5 Å². The summed E-state index contributed by atoms with van der Waals surface area (Å²) in [5, 5.41) is 0. The number of sulfonamides is 1. The Balaban J connectivity index is 2.42. The van der Waals surface area contributed by atoms with Crippen LogP contribution in [0.4, 0.5) is 10.1 Å². The highest BCUT2D eigenvalue weighted by atomic mass is 32.2. The summed E-state index contributed by atoms with van der Waals surface area (Å²) < 4.78 is 45.5. The monoisotopic (exact) mass is 302 g/mol. The van der Waals surface area contributed by atoms with Crippen molar-refractivity contribution in [3.63, 3.8) is 0 Å². The summed E-state index contributed by atoms with van der Waals surface area (Å²) in [6, 6.07) is 3.36. The van der Waals surface area contributed by atoms with Gasteiger partial charge in [0.1, 0.15) is 10.7 Å². The topological polar surface area (TPSA) is 72.6 Å². The summed E-state index contributed by atoms with van der Waals surface area (Å²) in [4.78, 5) is -0.192. The highest BCUT2D eigenvalue weighted by Gasteiger charge is 2.38. The first-order valence-corrected chi connectivity index (χ1v) is 7.79. The minimum Gasteiger partial charge on any atom is -0.398 e. The number of morpholine rings is 1. The molecule has 1 aromatic rings. The summed E-state index contributed by atoms with van der Waals surface area (Å²) in [6.45, 7) is 5.87. The zero-order chi connectivity index (χ0) is 15.1. The maximum Gasteiger partial charge on any atom is 0.245 e. The lowest BCUT2D eigenvalue weighted by Gasteiger charge is -2.40. The van der Waals surface area contributed by atoms with Gasteiger partial charge in [-0.05, 0) is 39.0 Å². The molecule has 1 aliphatic heterocycles. The molecule has 1 aromatic carbocycles. The van der Waals surface area contributed by atoms with E-state index in [1.165, 1.54) is 10.4 Å². The smallest absolute Gasteiger partial charge is 0.245 e. The number of benzene rings is 1. The second-order valence-corrected chi connectivity index (χ2v) is 7.57. The molecule has 1 heterocycles. The third kappa shape index (κ3) is 2.94. The number of halogens is 1. The standard InChI is InChI=1S/C13H19FN2O3S/c1-9-7-16(8-13(2,3)19-9)20(17,18)12-6-10(14)4-5-11(12)15/h4-6,9H,7-8,15H2,1-3H3. The fourth-order valence-electron chi connectivity index (χ4n) is 2.45. The summed E-state index contributed by atoms with van der Waals surface area (Å²) in [7, 11) is -3.83. The predicted octanol–water partition coefficient (Wildman–Crippen LogP) is 1.60. The minimum atomic E-state index is -3.83. The maximum atomic E-state index is 13.3. The molecule has 0 bridgehead atoms. The zero-order valence-corrected chi connectivity index (χ0v) is 12.6. The molecule has 0 saturated carbocycles. The van der Waals surface area contributed by atoms with Gasteiger partial charge in [-0.2, -0.15) is 4.31 Å². The highest BCUT2D eigenvalue weighted by Crippen LogP contribution is 2.29. The van der Waals surface area contributed by atoms with Crippen molar-refractivity contribution in [1.82, 2.24) is 4.31 Å². The molecule has 1 aliphatic rings. The molecule has 2 rings (SSSR count). The van der Waals surface area contributed by atoms with Crippen molar-refractivity contribution in [3.8, 4) is 0 Å². The van der Waals surface area contributed by atoms with Crippen molar-refractivity contribution in [2.75, 3.05) is 18.8 Å². The molecule has 7 heteroatoms. The Morgan fingerprint density at radius 1 is 1.45 bits per heavy atom. The minimum absolute atomic E-state index is 0.0448. The molecule has 0 aromatic heterocycles. The summed E-state index contributed by atoms with van der Waals surface area (Å²) in [5.41, 5.74) is 5.14. The number of nitrogen functional groups attached to an aromatic ring is 1. The van der Waals surface area contributed by atoms with Gasteiger partial charge in [0, 0.05) is 13.1 Å². The average Bonchev–Trinajstić information content (AvgIpc) is 2.29. The van der Waals surface area contributed by atoms with Crippen LogP contribution in [0.15, 0.2) is 23.1 Å². The van der Waals surface area contributed by atoms with Crippen LogP contribution in [0.1, 0.15) is 20.8 Å². The molecule has 1 unspecified atom stereocenters. The molecule has 0 radical (unpaired) electrons. The summed E-state index contributed by atoms with van der Waals surface area (Å²) in [5.74, 6) is -0.627. The van der Waals surface area contributed by atoms with Crippen LogP contribution in [0.25, 0.3) is 0 Å². The molecule has 2 N–H and O–H groups in total. The Kier molecular flexibility index (Phi) is 3.79. The van der Waals surface area contributed by atoms with Gasteiger partial charge in [-0.15, -0.1) is 0 Å². The molecule has 1 atom stereocenters. The first-order valence-electron chi connectivity index (χ1n) is 6.35. The Hall–Kier alpha value is -1.18. The van der Waals surface area contributed by atoms with E-state index in [9.17, 15) is 12.8 Å².